The third kappa shape index (κ3) is 6.09. The van der Waals surface area contributed by atoms with Gasteiger partial charge in [0, 0.05) is 20.2 Å². The van der Waals surface area contributed by atoms with Gasteiger partial charge in [0.15, 0.2) is 0 Å². The van der Waals surface area contributed by atoms with E-state index in [1.807, 2.05) is 27.7 Å². The van der Waals surface area contributed by atoms with Gasteiger partial charge in [-0.15, -0.1) is 0 Å². The van der Waals surface area contributed by atoms with Crippen molar-refractivity contribution in [3.8, 4) is 5.75 Å². The summed E-state index contributed by atoms with van der Waals surface area (Å²) in [5, 5.41) is 2.52. The molecule has 1 N–H and O–H groups in total. The Bertz CT molecular complexity index is 613. The van der Waals surface area contributed by atoms with E-state index in [1.54, 1.807) is 7.05 Å². The number of nitrogens with zero attached hydrogens (tertiary/aromatic N) is 1. The molecule has 0 saturated heterocycles. The Kier molecular flexibility index (Phi) is 7.32. The molecule has 0 spiro atoms. The molecule has 1 aromatic rings. The maximum atomic E-state index is 13.0. The van der Waals surface area contributed by atoms with Crippen LogP contribution in [0.1, 0.15) is 33.3 Å². The molecule has 0 radical (unpaired) electrons. The topological polar surface area (TPSA) is 50.8 Å². The van der Waals surface area contributed by atoms with Gasteiger partial charge in [0.2, 0.25) is 0 Å². The van der Waals surface area contributed by atoms with Crippen molar-refractivity contribution < 1.29 is 27.4 Å². The lowest BCUT2D eigenvalue weighted by Gasteiger charge is -2.35. The molecule has 1 aromatic carbocycles. The largest absolute Gasteiger partial charge is 0.489 e. The van der Waals surface area contributed by atoms with E-state index in [0.717, 1.165) is 12.1 Å². The maximum Gasteiger partial charge on any atom is 0.416 e. The van der Waals surface area contributed by atoms with Crippen molar-refractivity contribution >= 4 is 11.7 Å². The summed E-state index contributed by atoms with van der Waals surface area (Å²) in [4.78, 5) is 14.0. The highest BCUT2D eigenvalue weighted by molar-refractivity contribution is 5.91. The minimum absolute atomic E-state index is 0.0334. The monoisotopic (exact) mass is 376 g/mol. The second-order valence-corrected chi connectivity index (χ2v) is 7.13. The zero-order chi connectivity index (χ0) is 20.1. The summed E-state index contributed by atoms with van der Waals surface area (Å²) in [5.74, 6) is 0.153. The van der Waals surface area contributed by atoms with Gasteiger partial charge in [-0.1, -0.05) is 20.8 Å². The van der Waals surface area contributed by atoms with E-state index >= 15 is 0 Å². The Labute approximate surface area is 152 Å². The molecule has 8 heteroatoms. The van der Waals surface area contributed by atoms with Gasteiger partial charge in [-0.2, -0.15) is 13.2 Å². The molecular weight excluding hydrogens is 349 g/mol. The molecule has 0 aliphatic carbocycles. The Morgan fingerprint density at radius 3 is 2.35 bits per heavy atom. The molecule has 26 heavy (non-hydrogen) atoms. The molecule has 0 aliphatic rings. The first-order valence-corrected chi connectivity index (χ1v) is 8.24. The number of urea groups is 1. The van der Waals surface area contributed by atoms with Crippen LogP contribution in [-0.2, 0) is 10.9 Å². The second-order valence-electron chi connectivity index (χ2n) is 7.13. The van der Waals surface area contributed by atoms with Crippen molar-refractivity contribution in [2.24, 2.45) is 5.41 Å². The van der Waals surface area contributed by atoms with Crippen molar-refractivity contribution in [3.05, 3.63) is 23.8 Å². The normalized spacial score (nSPS) is 13.3. The lowest BCUT2D eigenvalue weighted by atomic mass is 9.87. The van der Waals surface area contributed by atoms with E-state index in [2.05, 4.69) is 5.32 Å². The van der Waals surface area contributed by atoms with Crippen molar-refractivity contribution in [1.29, 1.82) is 0 Å². The van der Waals surface area contributed by atoms with E-state index in [9.17, 15) is 18.0 Å². The molecule has 1 rings (SSSR count). The van der Waals surface area contributed by atoms with Gasteiger partial charge >= 0.3 is 12.2 Å². The number of hydrogen-bond donors (Lipinski definition) is 1. The summed E-state index contributed by atoms with van der Waals surface area (Å²) >= 11 is 0. The number of benzene rings is 1. The zero-order valence-corrected chi connectivity index (χ0v) is 16.0. The van der Waals surface area contributed by atoms with Gasteiger partial charge in [-0.3, -0.25) is 0 Å². The zero-order valence-electron chi connectivity index (χ0n) is 16.0. The number of methoxy groups -OCH3 is 1. The second kappa shape index (κ2) is 8.62. The average molecular weight is 376 g/mol. The van der Waals surface area contributed by atoms with Gasteiger partial charge in [0.25, 0.3) is 0 Å². The molecule has 0 aliphatic heterocycles. The average Bonchev–Trinajstić information content (AvgIpc) is 2.53. The van der Waals surface area contributed by atoms with Crippen LogP contribution in [0.5, 0.6) is 5.75 Å². The van der Waals surface area contributed by atoms with Crippen LogP contribution in [0.4, 0.5) is 23.7 Å². The number of ether oxygens (including phenoxy) is 2. The third-order valence-corrected chi connectivity index (χ3v) is 4.25. The number of rotatable bonds is 6. The lowest BCUT2D eigenvalue weighted by molar-refractivity contribution is -0.137. The predicted molar refractivity (Wildman–Crippen MR) is 94.5 cm³/mol. The number of carbonyl (C=O) groups excluding carboxylic acids is 1. The number of alkyl halides is 3. The number of halogens is 3. The molecule has 0 bridgehead atoms. The van der Waals surface area contributed by atoms with Crippen LogP contribution in [-0.4, -0.2) is 44.3 Å². The summed E-state index contributed by atoms with van der Waals surface area (Å²) in [5.41, 5.74) is -1.08. The first-order valence-electron chi connectivity index (χ1n) is 8.24. The molecule has 0 heterocycles. The van der Waals surface area contributed by atoms with Crippen LogP contribution in [0.15, 0.2) is 18.2 Å². The summed E-state index contributed by atoms with van der Waals surface area (Å²) in [6.45, 7) is 8.23. The highest BCUT2D eigenvalue weighted by Crippen LogP contribution is 2.35. The number of hydrogen-bond acceptors (Lipinski definition) is 3. The van der Waals surface area contributed by atoms with Crippen molar-refractivity contribution in [2.75, 3.05) is 32.7 Å². The van der Waals surface area contributed by atoms with Gasteiger partial charge in [-0.25, -0.2) is 4.79 Å². The Balaban J connectivity index is 3.08. The van der Waals surface area contributed by atoms with Crippen molar-refractivity contribution in [3.63, 3.8) is 0 Å². The van der Waals surface area contributed by atoms with Crippen LogP contribution in [0.2, 0.25) is 0 Å². The van der Waals surface area contributed by atoms with Crippen LogP contribution < -0.4 is 10.1 Å². The van der Waals surface area contributed by atoms with E-state index in [0.29, 0.717) is 0 Å². The van der Waals surface area contributed by atoms with Gasteiger partial charge < -0.3 is 19.7 Å². The number of anilines is 1. The predicted octanol–water partition coefficient (Wildman–Crippen LogP) is 4.63. The molecule has 2 amide bonds. The Morgan fingerprint density at radius 1 is 1.23 bits per heavy atom. The van der Waals surface area contributed by atoms with Crippen LogP contribution >= 0.6 is 0 Å². The first-order chi connectivity index (χ1) is 11.9. The highest BCUT2D eigenvalue weighted by atomic mass is 19.4. The SMILES string of the molecule is COCCOc1ccc(C(F)(F)F)cc1NC(=O)N(C)C(C)C(C)(C)C. The van der Waals surface area contributed by atoms with Gasteiger partial charge in [0.05, 0.1) is 17.9 Å². The molecular formula is C18H27F3N2O3. The molecule has 5 nitrogen and oxygen atoms in total. The van der Waals surface area contributed by atoms with E-state index in [1.165, 1.54) is 18.1 Å². The number of nitrogens with one attached hydrogen (secondary N) is 1. The Morgan fingerprint density at radius 2 is 1.85 bits per heavy atom. The molecule has 0 saturated carbocycles. The Hall–Kier alpha value is -1.96. The smallest absolute Gasteiger partial charge is 0.416 e. The van der Waals surface area contributed by atoms with E-state index < -0.39 is 17.8 Å². The molecule has 0 fully saturated rings. The standard InChI is InChI=1S/C18H27F3N2O3/c1-12(17(2,3)4)23(5)16(24)22-14-11-13(18(19,20)21)7-8-15(14)26-10-9-25-6/h7-8,11-12H,9-10H2,1-6H3,(H,22,24). The minimum atomic E-state index is -4.52. The quantitative estimate of drug-likeness (QED) is 0.737. The molecule has 1 unspecified atom stereocenters. The number of amides is 2. The van der Waals surface area contributed by atoms with Crippen LogP contribution in [0.3, 0.4) is 0 Å². The third-order valence-electron chi connectivity index (χ3n) is 4.25. The van der Waals surface area contributed by atoms with Crippen molar-refractivity contribution in [2.45, 2.75) is 39.9 Å². The summed E-state index contributed by atoms with van der Waals surface area (Å²) < 4.78 is 49.3. The molecule has 1 atom stereocenters. The fourth-order valence-electron chi connectivity index (χ4n) is 2.13. The summed E-state index contributed by atoms with van der Waals surface area (Å²) in [7, 11) is 3.09. The highest BCUT2D eigenvalue weighted by Gasteiger charge is 2.32. The van der Waals surface area contributed by atoms with Crippen LogP contribution in [0.25, 0.3) is 0 Å². The van der Waals surface area contributed by atoms with Crippen LogP contribution in [0, 0.1) is 5.41 Å². The summed E-state index contributed by atoms with van der Waals surface area (Å²) in [6, 6.07) is 2.34. The van der Waals surface area contributed by atoms with Gasteiger partial charge in [0.1, 0.15) is 12.4 Å². The molecule has 148 valence electrons. The maximum absolute atomic E-state index is 13.0. The minimum Gasteiger partial charge on any atom is -0.489 e. The fraction of sp³-hybridized carbons (Fsp3) is 0.611. The number of carbonyl (C=O) groups is 1. The van der Waals surface area contributed by atoms with E-state index in [4.69, 9.17) is 9.47 Å². The summed E-state index contributed by atoms with van der Waals surface area (Å²) in [6.07, 6.45) is -4.52. The fourth-order valence-corrected chi connectivity index (χ4v) is 2.13. The van der Waals surface area contributed by atoms with E-state index in [-0.39, 0.29) is 36.1 Å². The lowest BCUT2D eigenvalue weighted by Crippen LogP contribution is -2.45. The van der Waals surface area contributed by atoms with Crippen molar-refractivity contribution in [1.82, 2.24) is 4.90 Å². The first kappa shape index (κ1) is 22.1. The molecule has 0 aromatic heterocycles. The van der Waals surface area contributed by atoms with Gasteiger partial charge in [-0.05, 0) is 30.5 Å².